The number of benzene rings is 2. The molecule has 0 radical (unpaired) electrons. The van der Waals surface area contributed by atoms with Crippen LogP contribution in [0.5, 0.6) is 0 Å². The van der Waals surface area contributed by atoms with Crippen LogP contribution in [-0.2, 0) is 0 Å². The van der Waals surface area contributed by atoms with Gasteiger partial charge in [0.1, 0.15) is 22.5 Å². The quantitative estimate of drug-likeness (QED) is 0.486. The van der Waals surface area contributed by atoms with Crippen molar-refractivity contribution in [1.82, 2.24) is 9.97 Å². The number of nitrogens with one attached hydrogen (secondary N) is 1. The summed E-state index contributed by atoms with van der Waals surface area (Å²) in [6.07, 6.45) is 1.86. The van der Waals surface area contributed by atoms with Crippen LogP contribution in [0, 0.1) is 11.6 Å². The molecule has 0 fully saturated rings. The molecule has 2 nitrogen and oxygen atoms in total. The van der Waals surface area contributed by atoms with Gasteiger partial charge in [0.25, 0.3) is 0 Å². The van der Waals surface area contributed by atoms with Crippen molar-refractivity contribution in [2.75, 3.05) is 6.26 Å². The average molecular weight is 420 g/mol. The summed E-state index contributed by atoms with van der Waals surface area (Å²) in [4.78, 5) is 7.50. The van der Waals surface area contributed by atoms with Gasteiger partial charge in [0.05, 0.1) is 16.0 Å². The summed E-state index contributed by atoms with van der Waals surface area (Å²) in [5.41, 5.74) is 1.35. The molecule has 0 spiro atoms. The number of imidazole rings is 1. The highest BCUT2D eigenvalue weighted by Crippen LogP contribution is 2.36. The van der Waals surface area contributed by atoms with Crippen molar-refractivity contribution in [3.63, 3.8) is 0 Å². The standard InChI is InChI=1S/C17H11Cl3F2N2S/c1-25-17-15(20)23-16(24-17)14(8-2-4-12(21)10(18)6-8)9-3-5-13(22)11(19)7-9/h2-7,14H,1H3,(H,23,24). The van der Waals surface area contributed by atoms with Crippen LogP contribution in [0.15, 0.2) is 41.4 Å². The summed E-state index contributed by atoms with van der Waals surface area (Å²) in [5, 5.41) is 0.994. The number of nitrogens with zero attached hydrogens (tertiary/aromatic N) is 1. The molecule has 0 saturated carbocycles. The SMILES string of the molecule is CSc1[nH]c(C(c2ccc(F)c(Cl)c2)c2ccc(F)c(Cl)c2)nc1Cl. The van der Waals surface area contributed by atoms with E-state index in [1.54, 1.807) is 12.1 Å². The lowest BCUT2D eigenvalue weighted by Crippen LogP contribution is -2.06. The van der Waals surface area contributed by atoms with Crippen molar-refractivity contribution in [1.29, 1.82) is 0 Å². The smallest absolute Gasteiger partial charge is 0.161 e. The number of rotatable bonds is 4. The lowest BCUT2D eigenvalue weighted by Gasteiger charge is -2.17. The van der Waals surface area contributed by atoms with E-state index in [4.69, 9.17) is 34.8 Å². The van der Waals surface area contributed by atoms with E-state index in [2.05, 4.69) is 9.97 Å². The summed E-state index contributed by atoms with van der Waals surface area (Å²) in [6.45, 7) is 0. The fourth-order valence-corrected chi connectivity index (χ4v) is 3.68. The van der Waals surface area contributed by atoms with Gasteiger partial charge in [0.15, 0.2) is 5.15 Å². The Labute approximate surface area is 162 Å². The largest absolute Gasteiger partial charge is 0.335 e. The summed E-state index contributed by atoms with van der Waals surface area (Å²) in [7, 11) is 0. The maximum atomic E-state index is 13.6. The van der Waals surface area contributed by atoms with Gasteiger partial charge in [0, 0.05) is 0 Å². The molecule has 8 heteroatoms. The fraction of sp³-hybridized carbons (Fsp3) is 0.118. The third-order valence-corrected chi connectivity index (χ3v) is 5.35. The lowest BCUT2D eigenvalue weighted by atomic mass is 9.90. The number of H-pyrrole nitrogens is 1. The average Bonchev–Trinajstić information content (AvgIpc) is 2.95. The van der Waals surface area contributed by atoms with Gasteiger partial charge < -0.3 is 4.98 Å². The molecule has 3 aromatic rings. The molecule has 1 N–H and O–H groups in total. The van der Waals surface area contributed by atoms with Crippen LogP contribution in [-0.4, -0.2) is 16.2 Å². The van der Waals surface area contributed by atoms with Gasteiger partial charge >= 0.3 is 0 Å². The number of aromatic amines is 1. The zero-order chi connectivity index (χ0) is 18.1. The van der Waals surface area contributed by atoms with Crippen LogP contribution >= 0.6 is 46.6 Å². The summed E-state index contributed by atoms with van der Waals surface area (Å²) < 4.78 is 27.1. The van der Waals surface area contributed by atoms with Gasteiger partial charge in [-0.15, -0.1) is 11.8 Å². The fourth-order valence-electron chi connectivity index (χ4n) is 2.52. The van der Waals surface area contributed by atoms with E-state index >= 15 is 0 Å². The maximum Gasteiger partial charge on any atom is 0.161 e. The third kappa shape index (κ3) is 3.80. The van der Waals surface area contributed by atoms with Crippen LogP contribution in [0.3, 0.4) is 0 Å². The van der Waals surface area contributed by atoms with Gasteiger partial charge in [-0.05, 0) is 41.6 Å². The van der Waals surface area contributed by atoms with Crippen LogP contribution < -0.4 is 0 Å². The Morgan fingerprint density at radius 1 is 0.960 bits per heavy atom. The summed E-state index contributed by atoms with van der Waals surface area (Å²) in [6, 6.07) is 8.75. The molecule has 0 atom stereocenters. The molecule has 0 aliphatic rings. The predicted molar refractivity (Wildman–Crippen MR) is 99.1 cm³/mol. The Kier molecular flexibility index (Phi) is 5.58. The topological polar surface area (TPSA) is 28.7 Å². The summed E-state index contributed by atoms with van der Waals surface area (Å²) >= 11 is 19.4. The van der Waals surface area contributed by atoms with Crippen molar-refractivity contribution >= 4 is 46.6 Å². The number of halogens is 5. The Morgan fingerprint density at radius 2 is 1.48 bits per heavy atom. The predicted octanol–water partition coefficient (Wildman–Crippen LogP) is 6.55. The molecule has 0 bridgehead atoms. The van der Waals surface area contributed by atoms with Gasteiger partial charge in [-0.3, -0.25) is 0 Å². The Hall–Kier alpha value is -1.27. The van der Waals surface area contributed by atoms with Crippen molar-refractivity contribution in [2.45, 2.75) is 10.9 Å². The molecule has 0 amide bonds. The zero-order valence-electron chi connectivity index (χ0n) is 12.8. The first-order valence-corrected chi connectivity index (χ1v) is 9.46. The summed E-state index contributed by atoms with van der Waals surface area (Å²) in [5.74, 6) is -0.985. The van der Waals surface area contributed by atoms with Gasteiger partial charge in [0.2, 0.25) is 0 Å². The molecule has 25 heavy (non-hydrogen) atoms. The molecule has 0 aliphatic carbocycles. The molecule has 0 saturated heterocycles. The van der Waals surface area contributed by atoms with Crippen molar-refractivity contribution < 1.29 is 8.78 Å². The van der Waals surface area contributed by atoms with E-state index in [1.807, 2.05) is 6.26 Å². The second-order valence-corrected chi connectivity index (χ2v) is 7.22. The minimum Gasteiger partial charge on any atom is -0.335 e. The maximum absolute atomic E-state index is 13.6. The molecule has 3 rings (SSSR count). The monoisotopic (exact) mass is 418 g/mol. The van der Waals surface area contributed by atoms with E-state index in [1.165, 1.54) is 36.0 Å². The van der Waals surface area contributed by atoms with E-state index in [0.29, 0.717) is 27.1 Å². The van der Waals surface area contributed by atoms with E-state index in [0.717, 1.165) is 0 Å². The highest BCUT2D eigenvalue weighted by molar-refractivity contribution is 7.98. The van der Waals surface area contributed by atoms with E-state index in [9.17, 15) is 8.78 Å². The number of hydrogen-bond acceptors (Lipinski definition) is 2. The third-order valence-electron chi connectivity index (χ3n) is 3.68. The second kappa shape index (κ2) is 7.54. The number of hydrogen-bond donors (Lipinski definition) is 1. The lowest BCUT2D eigenvalue weighted by molar-refractivity contribution is 0.626. The molecular weight excluding hydrogens is 409 g/mol. The molecule has 0 aliphatic heterocycles. The Balaban J connectivity index is 2.19. The van der Waals surface area contributed by atoms with Crippen LogP contribution in [0.4, 0.5) is 8.78 Å². The first-order chi connectivity index (χ1) is 11.9. The van der Waals surface area contributed by atoms with E-state index in [-0.39, 0.29) is 10.0 Å². The molecule has 1 heterocycles. The first kappa shape index (κ1) is 18.5. The second-order valence-electron chi connectivity index (χ2n) is 5.23. The van der Waals surface area contributed by atoms with Crippen molar-refractivity contribution in [2.24, 2.45) is 0 Å². The molecule has 130 valence electrons. The molecule has 1 aromatic heterocycles. The Morgan fingerprint density at radius 3 is 1.88 bits per heavy atom. The molecule has 2 aromatic carbocycles. The minimum atomic E-state index is -0.524. The number of thioether (sulfide) groups is 1. The first-order valence-electron chi connectivity index (χ1n) is 7.10. The van der Waals surface area contributed by atoms with Crippen molar-refractivity contribution in [3.8, 4) is 0 Å². The molecule has 0 unspecified atom stereocenters. The highest BCUT2D eigenvalue weighted by Gasteiger charge is 2.23. The van der Waals surface area contributed by atoms with Gasteiger partial charge in [-0.2, -0.15) is 0 Å². The number of aromatic nitrogens is 2. The van der Waals surface area contributed by atoms with Gasteiger partial charge in [-0.25, -0.2) is 13.8 Å². The minimum absolute atomic E-state index is 0.0153. The highest BCUT2D eigenvalue weighted by atomic mass is 35.5. The normalized spacial score (nSPS) is 11.3. The van der Waals surface area contributed by atoms with Gasteiger partial charge in [-0.1, -0.05) is 46.9 Å². The molecular formula is C17H11Cl3F2N2S. The Bertz CT molecular complexity index is 879. The van der Waals surface area contributed by atoms with Crippen LogP contribution in [0.25, 0.3) is 0 Å². The zero-order valence-corrected chi connectivity index (χ0v) is 15.9. The van der Waals surface area contributed by atoms with Crippen LogP contribution in [0.1, 0.15) is 22.9 Å². The van der Waals surface area contributed by atoms with Crippen LogP contribution in [0.2, 0.25) is 15.2 Å². The van der Waals surface area contributed by atoms with E-state index < -0.39 is 17.6 Å². The van der Waals surface area contributed by atoms with Crippen molar-refractivity contribution in [3.05, 3.63) is 80.2 Å².